The lowest BCUT2D eigenvalue weighted by molar-refractivity contribution is 1.17. The molecule has 0 radical (unpaired) electrons. The zero-order chi connectivity index (χ0) is 15.7. The SMILES string of the molecule is Cc1cccc(N/N=c2\c(=O)c(=O)c3ccccc3c2=O)c1. The van der Waals surface area contributed by atoms with E-state index >= 15 is 0 Å². The van der Waals surface area contributed by atoms with Crippen LogP contribution in [0.4, 0.5) is 5.69 Å². The number of nitrogens with one attached hydrogen (secondary N) is 1. The highest BCUT2D eigenvalue weighted by Gasteiger charge is 2.10. The maximum atomic E-state index is 12.3. The van der Waals surface area contributed by atoms with Crippen LogP contribution in [0.25, 0.3) is 10.8 Å². The van der Waals surface area contributed by atoms with Crippen molar-refractivity contribution in [2.45, 2.75) is 6.92 Å². The van der Waals surface area contributed by atoms with Crippen LogP contribution in [0.2, 0.25) is 0 Å². The van der Waals surface area contributed by atoms with E-state index in [2.05, 4.69) is 10.5 Å². The summed E-state index contributed by atoms with van der Waals surface area (Å²) in [5.74, 6) is 0. The summed E-state index contributed by atoms with van der Waals surface area (Å²) in [7, 11) is 0. The third-order valence-electron chi connectivity index (χ3n) is 3.37. The standard InChI is InChI=1S/C17H12N2O3/c1-10-5-4-6-11(9-10)18-19-14-15(20)12-7-2-3-8-13(12)16(21)17(14)22/h2-9,18H,1H3/b19-14-. The maximum Gasteiger partial charge on any atom is 0.257 e. The Balaban J connectivity index is 2.23. The Labute approximate surface area is 124 Å². The molecule has 3 aromatic carbocycles. The summed E-state index contributed by atoms with van der Waals surface area (Å²) in [6.45, 7) is 1.91. The van der Waals surface area contributed by atoms with Gasteiger partial charge in [-0.05, 0) is 24.6 Å². The van der Waals surface area contributed by atoms with Crippen molar-refractivity contribution < 1.29 is 0 Å². The number of hydrogen-bond donors (Lipinski definition) is 1. The monoisotopic (exact) mass is 292 g/mol. The molecule has 108 valence electrons. The third-order valence-corrected chi connectivity index (χ3v) is 3.37. The number of benzene rings is 3. The third kappa shape index (κ3) is 2.33. The molecule has 5 heteroatoms. The van der Waals surface area contributed by atoms with Crippen molar-refractivity contribution in [1.29, 1.82) is 0 Å². The highest BCUT2D eigenvalue weighted by molar-refractivity contribution is 5.81. The van der Waals surface area contributed by atoms with Gasteiger partial charge in [0.05, 0.1) is 5.69 Å². The molecule has 5 nitrogen and oxygen atoms in total. The van der Waals surface area contributed by atoms with Gasteiger partial charge in [0.1, 0.15) is 0 Å². The van der Waals surface area contributed by atoms with Crippen molar-refractivity contribution in [3.63, 3.8) is 0 Å². The van der Waals surface area contributed by atoms with E-state index in [-0.39, 0.29) is 16.1 Å². The fourth-order valence-electron chi connectivity index (χ4n) is 2.28. The van der Waals surface area contributed by atoms with Crippen molar-refractivity contribution >= 4 is 16.5 Å². The first-order valence-corrected chi connectivity index (χ1v) is 6.71. The topological polar surface area (TPSA) is 75.6 Å². The predicted octanol–water partition coefficient (Wildman–Crippen LogP) is 1.03. The van der Waals surface area contributed by atoms with Gasteiger partial charge in [-0.15, -0.1) is 0 Å². The van der Waals surface area contributed by atoms with Crippen LogP contribution in [0, 0.1) is 6.92 Å². The molecule has 1 N–H and O–H groups in total. The number of hydrogen-bond acceptors (Lipinski definition) is 5. The molecule has 0 aliphatic heterocycles. The largest absolute Gasteiger partial charge is 0.287 e. The van der Waals surface area contributed by atoms with Crippen LogP contribution in [0.3, 0.4) is 0 Å². The average molecular weight is 292 g/mol. The fourth-order valence-corrected chi connectivity index (χ4v) is 2.28. The second-order valence-electron chi connectivity index (χ2n) is 4.97. The molecule has 0 aliphatic carbocycles. The van der Waals surface area contributed by atoms with E-state index in [0.29, 0.717) is 5.69 Å². The van der Waals surface area contributed by atoms with Gasteiger partial charge in [0.15, 0.2) is 5.36 Å². The van der Waals surface area contributed by atoms with Crippen LogP contribution in [-0.2, 0) is 0 Å². The van der Waals surface area contributed by atoms with Gasteiger partial charge >= 0.3 is 0 Å². The number of aryl methyl sites for hydroxylation is 1. The van der Waals surface area contributed by atoms with Crippen LogP contribution in [0.15, 0.2) is 68.0 Å². The number of nitrogens with zero attached hydrogens (tertiary/aromatic N) is 1. The van der Waals surface area contributed by atoms with Crippen LogP contribution >= 0.6 is 0 Å². The summed E-state index contributed by atoms with van der Waals surface area (Å²) in [6.07, 6.45) is 0. The molecule has 0 atom stereocenters. The van der Waals surface area contributed by atoms with Gasteiger partial charge in [0.25, 0.3) is 5.43 Å². The number of anilines is 1. The first-order valence-electron chi connectivity index (χ1n) is 6.71. The summed E-state index contributed by atoms with van der Waals surface area (Å²) >= 11 is 0. The number of fused-ring (bicyclic) bond motifs is 1. The summed E-state index contributed by atoms with van der Waals surface area (Å²) in [4.78, 5) is 36.4. The van der Waals surface area contributed by atoms with Crippen LogP contribution < -0.4 is 27.1 Å². The minimum absolute atomic E-state index is 0.131. The van der Waals surface area contributed by atoms with Gasteiger partial charge in [0, 0.05) is 10.8 Å². The van der Waals surface area contributed by atoms with Crippen LogP contribution in [0.5, 0.6) is 0 Å². The Kier molecular flexibility index (Phi) is 3.39. The molecule has 0 unspecified atom stereocenters. The lowest BCUT2D eigenvalue weighted by Gasteiger charge is -2.00. The molecule has 0 aliphatic rings. The van der Waals surface area contributed by atoms with Crippen molar-refractivity contribution in [2.75, 3.05) is 5.43 Å². The summed E-state index contributed by atoms with van der Waals surface area (Å²) in [5.41, 5.74) is 2.17. The molecular weight excluding hydrogens is 280 g/mol. The Hall–Kier alpha value is -3.08. The lowest BCUT2D eigenvalue weighted by Crippen LogP contribution is -2.48. The van der Waals surface area contributed by atoms with Crippen molar-refractivity contribution in [3.8, 4) is 0 Å². The van der Waals surface area contributed by atoms with E-state index in [1.165, 1.54) is 12.1 Å². The Morgan fingerprint density at radius 2 is 1.50 bits per heavy atom. The van der Waals surface area contributed by atoms with E-state index in [9.17, 15) is 14.4 Å². The first kappa shape index (κ1) is 13.9. The van der Waals surface area contributed by atoms with Gasteiger partial charge < -0.3 is 0 Å². The van der Waals surface area contributed by atoms with Gasteiger partial charge in [0.2, 0.25) is 10.9 Å². The molecule has 3 rings (SSSR count). The van der Waals surface area contributed by atoms with Gasteiger partial charge in [-0.25, -0.2) is 0 Å². The molecule has 0 saturated heterocycles. The normalized spacial score (nSPS) is 11.8. The lowest BCUT2D eigenvalue weighted by atomic mass is 10.1. The number of rotatable bonds is 2. The van der Waals surface area contributed by atoms with Crippen molar-refractivity contribution in [2.24, 2.45) is 5.10 Å². The zero-order valence-corrected chi connectivity index (χ0v) is 11.8. The maximum absolute atomic E-state index is 12.3. The summed E-state index contributed by atoms with van der Waals surface area (Å²) < 4.78 is 0. The van der Waals surface area contributed by atoms with E-state index in [1.807, 2.05) is 25.1 Å². The second kappa shape index (κ2) is 5.37. The fraction of sp³-hybridized carbons (Fsp3) is 0.0588. The molecular formula is C17H12N2O3. The van der Waals surface area contributed by atoms with Crippen LogP contribution in [0.1, 0.15) is 5.56 Å². The Bertz CT molecular complexity index is 1080. The molecule has 0 amide bonds. The van der Waals surface area contributed by atoms with Crippen LogP contribution in [-0.4, -0.2) is 0 Å². The molecule has 3 aromatic rings. The van der Waals surface area contributed by atoms with Gasteiger partial charge in [-0.3, -0.25) is 19.8 Å². The smallest absolute Gasteiger partial charge is 0.257 e. The van der Waals surface area contributed by atoms with E-state index in [0.717, 1.165) is 5.56 Å². The highest BCUT2D eigenvalue weighted by Crippen LogP contribution is 2.08. The highest BCUT2D eigenvalue weighted by atomic mass is 16.2. The molecule has 0 aromatic heterocycles. The summed E-state index contributed by atoms with van der Waals surface area (Å²) in [5, 5.41) is 3.81. The molecule has 0 bridgehead atoms. The van der Waals surface area contributed by atoms with Crippen molar-refractivity contribution in [3.05, 3.63) is 90.1 Å². The quantitative estimate of drug-likeness (QED) is 0.565. The minimum atomic E-state index is -0.885. The Morgan fingerprint density at radius 1 is 0.818 bits per heavy atom. The van der Waals surface area contributed by atoms with Gasteiger partial charge in [-0.1, -0.05) is 36.4 Å². The Morgan fingerprint density at radius 3 is 2.18 bits per heavy atom. The zero-order valence-electron chi connectivity index (χ0n) is 11.8. The van der Waals surface area contributed by atoms with Crippen molar-refractivity contribution in [1.82, 2.24) is 0 Å². The van der Waals surface area contributed by atoms with E-state index in [4.69, 9.17) is 0 Å². The molecule has 0 saturated carbocycles. The minimum Gasteiger partial charge on any atom is -0.287 e. The summed E-state index contributed by atoms with van der Waals surface area (Å²) in [6, 6.07) is 13.6. The predicted molar refractivity (Wildman–Crippen MR) is 85.5 cm³/mol. The average Bonchev–Trinajstić information content (AvgIpc) is 2.53. The molecule has 0 spiro atoms. The first-order chi connectivity index (χ1) is 10.6. The van der Waals surface area contributed by atoms with Gasteiger partial charge in [-0.2, -0.15) is 5.10 Å². The molecule has 0 fully saturated rings. The molecule has 22 heavy (non-hydrogen) atoms. The van der Waals surface area contributed by atoms with E-state index < -0.39 is 16.3 Å². The second-order valence-corrected chi connectivity index (χ2v) is 4.97. The molecule has 0 heterocycles. The van der Waals surface area contributed by atoms with E-state index in [1.54, 1.807) is 18.2 Å².